The summed E-state index contributed by atoms with van der Waals surface area (Å²) in [5.74, 6) is 0.817. The van der Waals surface area contributed by atoms with Gasteiger partial charge >= 0.3 is 0 Å². The lowest BCUT2D eigenvalue weighted by Gasteiger charge is -2.11. The zero-order valence-electron chi connectivity index (χ0n) is 11.5. The Morgan fingerprint density at radius 2 is 1.85 bits per heavy atom. The molecule has 3 nitrogen and oxygen atoms in total. The van der Waals surface area contributed by atoms with Crippen molar-refractivity contribution in [3.63, 3.8) is 0 Å². The van der Waals surface area contributed by atoms with Crippen molar-refractivity contribution in [3.8, 4) is 5.75 Å². The summed E-state index contributed by atoms with van der Waals surface area (Å²) < 4.78 is 6.68. The van der Waals surface area contributed by atoms with Gasteiger partial charge in [-0.05, 0) is 35.9 Å². The van der Waals surface area contributed by atoms with Crippen LogP contribution in [0.25, 0.3) is 0 Å². The fourth-order valence-electron chi connectivity index (χ4n) is 1.73. The number of benzene rings is 2. The molecule has 0 aliphatic heterocycles. The third-order valence-corrected chi connectivity index (χ3v) is 3.30. The monoisotopic (exact) mass is 333 g/mol. The molecule has 1 amide bonds. The van der Waals surface area contributed by atoms with E-state index in [4.69, 9.17) is 4.74 Å². The van der Waals surface area contributed by atoms with Gasteiger partial charge in [0.2, 0.25) is 0 Å². The second-order valence-corrected chi connectivity index (χ2v) is 5.56. The van der Waals surface area contributed by atoms with Crippen LogP contribution < -0.4 is 4.74 Å². The molecular formula is C16H16BrNO2. The number of halogens is 1. The lowest BCUT2D eigenvalue weighted by Crippen LogP contribution is -2.21. The first kappa shape index (κ1) is 14.6. The molecule has 0 fully saturated rings. The molecule has 2 aromatic carbocycles. The smallest absolute Gasteiger partial charge is 0.253 e. The summed E-state index contributed by atoms with van der Waals surface area (Å²) >= 11 is 3.41. The molecule has 2 rings (SSSR count). The molecule has 0 aliphatic carbocycles. The minimum Gasteiger partial charge on any atom is -0.489 e. The van der Waals surface area contributed by atoms with Gasteiger partial charge in [-0.15, -0.1) is 0 Å². The maximum atomic E-state index is 11.8. The molecule has 0 saturated carbocycles. The second kappa shape index (κ2) is 6.57. The first-order valence-electron chi connectivity index (χ1n) is 6.25. The summed E-state index contributed by atoms with van der Waals surface area (Å²) in [5, 5.41) is 0. The highest BCUT2D eigenvalue weighted by Crippen LogP contribution is 2.19. The number of hydrogen-bond acceptors (Lipinski definition) is 2. The Labute approximate surface area is 127 Å². The molecule has 0 aromatic heterocycles. The van der Waals surface area contributed by atoms with Gasteiger partial charge in [-0.3, -0.25) is 4.79 Å². The Bertz CT molecular complexity index is 594. The largest absolute Gasteiger partial charge is 0.489 e. The molecule has 104 valence electrons. The third-order valence-electron chi connectivity index (χ3n) is 2.81. The van der Waals surface area contributed by atoms with Gasteiger partial charge in [-0.1, -0.05) is 34.1 Å². The fourth-order valence-corrected chi connectivity index (χ4v) is 2.10. The zero-order valence-corrected chi connectivity index (χ0v) is 13.1. The van der Waals surface area contributed by atoms with Crippen molar-refractivity contribution in [2.24, 2.45) is 0 Å². The SMILES string of the molecule is CN(C)C(=O)c1ccc(COc2cccc(Br)c2)cc1. The predicted octanol–water partition coefficient (Wildman–Crippen LogP) is 3.73. The van der Waals surface area contributed by atoms with Crippen molar-refractivity contribution in [1.82, 2.24) is 4.90 Å². The second-order valence-electron chi connectivity index (χ2n) is 4.64. The Hall–Kier alpha value is -1.81. The lowest BCUT2D eigenvalue weighted by atomic mass is 10.1. The third kappa shape index (κ3) is 3.84. The van der Waals surface area contributed by atoms with E-state index >= 15 is 0 Å². The van der Waals surface area contributed by atoms with Crippen molar-refractivity contribution in [2.45, 2.75) is 6.61 Å². The number of carbonyl (C=O) groups is 1. The quantitative estimate of drug-likeness (QED) is 0.853. The van der Waals surface area contributed by atoms with Gasteiger partial charge in [0.25, 0.3) is 5.91 Å². The number of rotatable bonds is 4. The van der Waals surface area contributed by atoms with Crippen LogP contribution >= 0.6 is 15.9 Å². The number of amides is 1. The van der Waals surface area contributed by atoms with Crippen LogP contribution in [0.2, 0.25) is 0 Å². The number of hydrogen-bond donors (Lipinski definition) is 0. The average Bonchev–Trinajstić information content (AvgIpc) is 2.45. The van der Waals surface area contributed by atoms with Gasteiger partial charge in [0, 0.05) is 24.1 Å². The van der Waals surface area contributed by atoms with E-state index in [1.165, 1.54) is 0 Å². The highest BCUT2D eigenvalue weighted by atomic mass is 79.9. The molecule has 0 saturated heterocycles. The van der Waals surface area contributed by atoms with Crippen LogP contribution in [0.5, 0.6) is 5.75 Å². The molecule has 4 heteroatoms. The van der Waals surface area contributed by atoms with Gasteiger partial charge in [-0.2, -0.15) is 0 Å². The van der Waals surface area contributed by atoms with E-state index in [9.17, 15) is 4.79 Å². The number of ether oxygens (including phenoxy) is 1. The van der Waals surface area contributed by atoms with Crippen LogP contribution in [0.3, 0.4) is 0 Å². The Balaban J connectivity index is 1.99. The molecule has 0 radical (unpaired) electrons. The number of nitrogens with zero attached hydrogens (tertiary/aromatic N) is 1. The van der Waals surface area contributed by atoms with E-state index < -0.39 is 0 Å². The van der Waals surface area contributed by atoms with Crippen molar-refractivity contribution < 1.29 is 9.53 Å². The van der Waals surface area contributed by atoms with Crippen molar-refractivity contribution in [3.05, 3.63) is 64.1 Å². The van der Waals surface area contributed by atoms with Crippen LogP contribution in [-0.2, 0) is 6.61 Å². The number of carbonyl (C=O) groups excluding carboxylic acids is 1. The molecule has 20 heavy (non-hydrogen) atoms. The van der Waals surface area contributed by atoms with Crippen LogP contribution in [0, 0.1) is 0 Å². The average molecular weight is 334 g/mol. The minimum atomic E-state index is 0.00413. The molecular weight excluding hydrogens is 318 g/mol. The van der Waals surface area contributed by atoms with Crippen LogP contribution in [0.1, 0.15) is 15.9 Å². The molecule has 0 unspecified atom stereocenters. The van der Waals surface area contributed by atoms with Crippen molar-refractivity contribution >= 4 is 21.8 Å². The Kier molecular flexibility index (Phi) is 4.79. The van der Waals surface area contributed by atoms with Gasteiger partial charge in [0.1, 0.15) is 12.4 Å². The summed E-state index contributed by atoms with van der Waals surface area (Å²) in [6, 6.07) is 15.2. The van der Waals surface area contributed by atoms with Crippen LogP contribution in [0.15, 0.2) is 53.0 Å². The maximum absolute atomic E-state index is 11.8. The summed E-state index contributed by atoms with van der Waals surface area (Å²) in [4.78, 5) is 13.3. The van der Waals surface area contributed by atoms with E-state index in [1.807, 2.05) is 48.5 Å². The first-order valence-corrected chi connectivity index (χ1v) is 7.04. The Morgan fingerprint density at radius 3 is 2.45 bits per heavy atom. The first-order chi connectivity index (χ1) is 9.56. The van der Waals surface area contributed by atoms with E-state index in [0.29, 0.717) is 12.2 Å². The molecule has 0 spiro atoms. The Morgan fingerprint density at radius 1 is 1.15 bits per heavy atom. The fraction of sp³-hybridized carbons (Fsp3) is 0.188. The highest BCUT2D eigenvalue weighted by molar-refractivity contribution is 9.10. The normalized spacial score (nSPS) is 10.2. The van der Waals surface area contributed by atoms with Crippen LogP contribution in [-0.4, -0.2) is 24.9 Å². The topological polar surface area (TPSA) is 29.5 Å². The molecule has 0 heterocycles. The standard InChI is InChI=1S/C16H16BrNO2/c1-18(2)16(19)13-8-6-12(7-9-13)11-20-15-5-3-4-14(17)10-15/h3-10H,11H2,1-2H3. The summed E-state index contributed by atoms with van der Waals surface area (Å²) in [6.45, 7) is 0.479. The molecule has 0 bridgehead atoms. The summed E-state index contributed by atoms with van der Waals surface area (Å²) in [5.41, 5.74) is 1.71. The summed E-state index contributed by atoms with van der Waals surface area (Å²) in [7, 11) is 3.49. The van der Waals surface area contributed by atoms with E-state index in [-0.39, 0.29) is 5.91 Å². The van der Waals surface area contributed by atoms with Crippen molar-refractivity contribution in [2.75, 3.05) is 14.1 Å². The molecule has 2 aromatic rings. The highest BCUT2D eigenvalue weighted by Gasteiger charge is 2.07. The van der Waals surface area contributed by atoms with Gasteiger partial charge in [0.05, 0.1) is 0 Å². The lowest BCUT2D eigenvalue weighted by molar-refractivity contribution is 0.0827. The van der Waals surface area contributed by atoms with Gasteiger partial charge < -0.3 is 9.64 Å². The maximum Gasteiger partial charge on any atom is 0.253 e. The molecule has 0 atom stereocenters. The molecule has 0 N–H and O–H groups in total. The minimum absolute atomic E-state index is 0.00413. The van der Waals surface area contributed by atoms with Crippen LogP contribution in [0.4, 0.5) is 0 Å². The zero-order chi connectivity index (χ0) is 14.5. The summed E-state index contributed by atoms with van der Waals surface area (Å²) in [6.07, 6.45) is 0. The predicted molar refractivity (Wildman–Crippen MR) is 82.9 cm³/mol. The van der Waals surface area contributed by atoms with E-state index in [0.717, 1.165) is 15.8 Å². The van der Waals surface area contributed by atoms with Gasteiger partial charge in [-0.25, -0.2) is 0 Å². The van der Waals surface area contributed by atoms with Gasteiger partial charge in [0.15, 0.2) is 0 Å². The van der Waals surface area contributed by atoms with Crippen molar-refractivity contribution in [1.29, 1.82) is 0 Å². The van der Waals surface area contributed by atoms with E-state index in [2.05, 4.69) is 15.9 Å². The van der Waals surface area contributed by atoms with E-state index in [1.54, 1.807) is 19.0 Å². The molecule has 0 aliphatic rings.